The van der Waals surface area contributed by atoms with Gasteiger partial charge in [0.05, 0.1) is 6.26 Å². The van der Waals surface area contributed by atoms with Crippen LogP contribution in [0.5, 0.6) is 0 Å². The second kappa shape index (κ2) is 15.4. The zero-order chi connectivity index (χ0) is 30.2. The number of likely N-dealkylation sites (N-methyl/N-ethyl adjacent to an activating group) is 1. The summed E-state index contributed by atoms with van der Waals surface area (Å²) in [6.45, 7) is 11.1. The summed E-state index contributed by atoms with van der Waals surface area (Å²) in [6, 6.07) is 5.49. The largest absolute Gasteiger partial charge is 0.463 e. The topological polar surface area (TPSA) is 135 Å². The molecule has 1 saturated heterocycles. The van der Waals surface area contributed by atoms with Crippen LogP contribution in [0, 0.1) is 0 Å². The van der Waals surface area contributed by atoms with Gasteiger partial charge in [0.2, 0.25) is 0 Å². The summed E-state index contributed by atoms with van der Waals surface area (Å²) in [6.07, 6.45) is -3.74. The number of halogens is 1. The van der Waals surface area contributed by atoms with Crippen molar-refractivity contribution in [2.75, 3.05) is 26.0 Å². The van der Waals surface area contributed by atoms with E-state index in [-0.39, 0.29) is 12.6 Å². The van der Waals surface area contributed by atoms with Gasteiger partial charge in [-0.15, -0.1) is 0 Å². The third kappa shape index (κ3) is 10.5. The van der Waals surface area contributed by atoms with E-state index in [0.717, 1.165) is 55.4 Å². The second-order valence-electron chi connectivity index (χ2n) is 9.40. The Morgan fingerprint density at radius 2 is 1.62 bits per heavy atom. The van der Waals surface area contributed by atoms with Gasteiger partial charge in [0, 0.05) is 36.7 Å². The first kappa shape index (κ1) is 34.3. The molecule has 40 heavy (non-hydrogen) atoms. The van der Waals surface area contributed by atoms with E-state index in [9.17, 15) is 22.8 Å². The summed E-state index contributed by atoms with van der Waals surface area (Å²) in [7, 11) is -4.10. The molecular weight excluding hydrogens is 586 g/mol. The third-order valence-electron chi connectivity index (χ3n) is 6.15. The molecular formula is C26H38ClNO10S2. The van der Waals surface area contributed by atoms with Crippen LogP contribution in [0.15, 0.2) is 23.1 Å². The highest BCUT2D eigenvalue weighted by Crippen LogP contribution is 2.40. The Morgan fingerprint density at radius 3 is 2.15 bits per heavy atom. The fraction of sp³-hybridized carbons (Fsp3) is 0.654. The van der Waals surface area contributed by atoms with Gasteiger partial charge in [-0.1, -0.05) is 37.2 Å². The number of benzene rings is 1. The molecule has 0 aliphatic carbocycles. The summed E-state index contributed by atoms with van der Waals surface area (Å²) < 4.78 is 52.2. The van der Waals surface area contributed by atoms with E-state index in [4.69, 9.17) is 34.7 Å². The minimum Gasteiger partial charge on any atom is -0.463 e. The van der Waals surface area contributed by atoms with Gasteiger partial charge in [-0.3, -0.25) is 18.6 Å². The fourth-order valence-electron chi connectivity index (χ4n) is 4.51. The predicted octanol–water partition coefficient (Wildman–Crippen LogP) is 3.20. The zero-order valence-electron chi connectivity index (χ0n) is 23.7. The highest BCUT2D eigenvalue weighted by atomic mass is 35.5. The highest BCUT2D eigenvalue weighted by Gasteiger charge is 2.52. The Hall–Kier alpha value is -1.90. The number of esters is 3. The average Bonchev–Trinajstić information content (AvgIpc) is 2.82. The van der Waals surface area contributed by atoms with Crippen LogP contribution in [0.3, 0.4) is 0 Å². The predicted molar refractivity (Wildman–Crippen MR) is 150 cm³/mol. The van der Waals surface area contributed by atoms with Gasteiger partial charge in [0.1, 0.15) is 18.1 Å². The molecule has 6 atom stereocenters. The van der Waals surface area contributed by atoms with Crippen LogP contribution < -0.4 is 0 Å². The van der Waals surface area contributed by atoms with E-state index in [0.29, 0.717) is 11.4 Å². The minimum atomic E-state index is -4.10. The average molecular weight is 624 g/mol. The summed E-state index contributed by atoms with van der Waals surface area (Å²) in [4.78, 5) is 38.7. The number of hydrogen-bond donors (Lipinski definition) is 0. The van der Waals surface area contributed by atoms with E-state index in [1.165, 1.54) is 6.92 Å². The lowest BCUT2D eigenvalue weighted by molar-refractivity contribution is -0.226. The third-order valence-corrected chi connectivity index (χ3v) is 8.22. The normalized spacial score (nSPS) is 23.9. The highest BCUT2D eigenvalue weighted by molar-refractivity contribution is 8.00. The van der Waals surface area contributed by atoms with Crippen LogP contribution in [0.25, 0.3) is 0 Å². The van der Waals surface area contributed by atoms with Gasteiger partial charge in [-0.25, -0.2) is 0 Å². The van der Waals surface area contributed by atoms with Crippen molar-refractivity contribution in [3.8, 4) is 0 Å². The lowest BCUT2D eigenvalue weighted by Crippen LogP contribution is -2.61. The zero-order valence-corrected chi connectivity index (χ0v) is 26.1. The van der Waals surface area contributed by atoms with Gasteiger partial charge in [-0.2, -0.15) is 8.42 Å². The fourth-order valence-corrected chi connectivity index (χ4v) is 6.63. The molecule has 1 fully saturated rings. The van der Waals surface area contributed by atoms with Crippen LogP contribution in [-0.4, -0.2) is 93.1 Å². The van der Waals surface area contributed by atoms with Gasteiger partial charge in [0.25, 0.3) is 10.1 Å². The second-order valence-corrected chi connectivity index (χ2v) is 12.6. The number of carbonyl (C=O) groups is 3. The van der Waals surface area contributed by atoms with Gasteiger partial charge in [-0.05, 0) is 50.2 Å². The van der Waals surface area contributed by atoms with E-state index in [2.05, 4.69) is 25.7 Å². The Kier molecular flexibility index (Phi) is 13.2. The lowest BCUT2D eigenvalue weighted by Gasteiger charge is -2.44. The van der Waals surface area contributed by atoms with E-state index < -0.39 is 57.9 Å². The minimum absolute atomic E-state index is 0.169. The van der Waals surface area contributed by atoms with E-state index in [1.54, 1.807) is 12.1 Å². The number of nitrogens with zero attached hydrogens (tertiary/aromatic N) is 1. The summed E-state index contributed by atoms with van der Waals surface area (Å²) in [5.74, 6) is -2.12. The van der Waals surface area contributed by atoms with E-state index >= 15 is 0 Å². The first-order valence-corrected chi connectivity index (χ1v) is 15.9. The number of ether oxygens (including phenoxy) is 4. The molecule has 0 bridgehead atoms. The molecule has 0 amide bonds. The molecule has 0 spiro atoms. The van der Waals surface area contributed by atoms with Gasteiger partial charge >= 0.3 is 17.9 Å². The molecule has 14 heteroatoms. The molecule has 1 heterocycles. The molecule has 226 valence electrons. The number of carbonyl (C=O) groups excluding carboxylic acids is 3. The SMILES string of the molecule is CCN(CC)C(C)Cc1cc(Cl)ccc1S[C@@H]1O[C@H](COC(C)=O)[C@@H](OC(C)=O)[C@H](OC(C)=O)[C@H]1OS(C)(=O)=O. The van der Waals surface area contributed by atoms with Crippen LogP contribution in [0.4, 0.5) is 0 Å². The van der Waals surface area contributed by atoms with Crippen molar-refractivity contribution in [2.45, 2.75) is 88.8 Å². The molecule has 1 aliphatic rings. The molecule has 0 aromatic heterocycles. The molecule has 1 aromatic rings. The molecule has 1 aliphatic heterocycles. The molecule has 0 radical (unpaired) electrons. The summed E-state index contributed by atoms with van der Waals surface area (Å²) in [5, 5.41) is 0.528. The molecule has 11 nitrogen and oxygen atoms in total. The number of thioether (sulfide) groups is 1. The van der Waals surface area contributed by atoms with Crippen molar-refractivity contribution in [1.82, 2.24) is 4.90 Å². The van der Waals surface area contributed by atoms with Crippen molar-refractivity contribution in [3.05, 3.63) is 28.8 Å². The van der Waals surface area contributed by atoms with Crippen molar-refractivity contribution >= 4 is 51.4 Å². The van der Waals surface area contributed by atoms with Gasteiger partial charge < -0.3 is 23.8 Å². The van der Waals surface area contributed by atoms with Crippen LogP contribution in [0.1, 0.15) is 47.1 Å². The lowest BCUT2D eigenvalue weighted by atomic mass is 9.99. The molecule has 0 saturated carbocycles. The Labute approximate surface area is 245 Å². The monoisotopic (exact) mass is 623 g/mol. The smallest absolute Gasteiger partial charge is 0.303 e. The van der Waals surface area contributed by atoms with Crippen molar-refractivity contribution in [2.24, 2.45) is 0 Å². The van der Waals surface area contributed by atoms with Crippen LogP contribution in [-0.2, 0) is 54.1 Å². The van der Waals surface area contributed by atoms with E-state index in [1.807, 2.05) is 6.07 Å². The van der Waals surface area contributed by atoms with Gasteiger partial charge in [0.15, 0.2) is 18.3 Å². The van der Waals surface area contributed by atoms with Crippen molar-refractivity contribution in [3.63, 3.8) is 0 Å². The summed E-state index contributed by atoms with van der Waals surface area (Å²) >= 11 is 7.48. The van der Waals surface area contributed by atoms with Crippen molar-refractivity contribution in [1.29, 1.82) is 0 Å². The maximum absolute atomic E-state index is 12.3. The first-order chi connectivity index (χ1) is 18.6. The van der Waals surface area contributed by atoms with Crippen molar-refractivity contribution < 1.29 is 45.9 Å². The molecule has 1 unspecified atom stereocenters. The number of rotatable bonds is 13. The molecule has 2 rings (SSSR count). The molecule has 1 aromatic carbocycles. The Morgan fingerprint density at radius 1 is 1.02 bits per heavy atom. The quantitative estimate of drug-likeness (QED) is 0.181. The maximum atomic E-state index is 12.3. The van der Waals surface area contributed by atoms with Crippen LogP contribution >= 0.6 is 23.4 Å². The Balaban J connectivity index is 2.57. The standard InChI is InChI=1S/C26H38ClNO10S2/c1-8-28(9-2)15(3)12-19-13-20(27)10-11-22(19)39-26-25(38-40(7,32)33)24(36-18(6)31)23(35-17(5)30)21(37-26)14-34-16(4)29/h10-11,13,15,21,23-26H,8-9,12,14H2,1-7H3/t15?,21-,23-,24+,25-,26+/m1/s1. The first-order valence-electron chi connectivity index (χ1n) is 12.9. The molecule has 0 N–H and O–H groups in total. The van der Waals surface area contributed by atoms with Crippen LogP contribution in [0.2, 0.25) is 5.02 Å². The Bertz CT molecular complexity index is 1140. The number of hydrogen-bond acceptors (Lipinski definition) is 12. The maximum Gasteiger partial charge on any atom is 0.303 e. The summed E-state index contributed by atoms with van der Waals surface area (Å²) in [5.41, 5.74) is -0.198.